The van der Waals surface area contributed by atoms with Crippen molar-refractivity contribution in [1.29, 1.82) is 0 Å². The summed E-state index contributed by atoms with van der Waals surface area (Å²) in [6.45, 7) is 3.69. The van der Waals surface area contributed by atoms with Crippen LogP contribution in [0.15, 0.2) is 29.2 Å². The highest BCUT2D eigenvalue weighted by atomic mass is 32.2. The number of nitrogens with one attached hydrogen (secondary N) is 3. The fourth-order valence-electron chi connectivity index (χ4n) is 2.79. The third-order valence-electron chi connectivity index (χ3n) is 4.42. The van der Waals surface area contributed by atoms with Gasteiger partial charge in [0.2, 0.25) is 21.7 Å². The van der Waals surface area contributed by atoms with Gasteiger partial charge in [0.1, 0.15) is 11.9 Å². The van der Waals surface area contributed by atoms with Gasteiger partial charge in [0, 0.05) is 6.54 Å². The van der Waals surface area contributed by atoms with Gasteiger partial charge >= 0.3 is 0 Å². The van der Waals surface area contributed by atoms with Gasteiger partial charge in [0.25, 0.3) is 5.91 Å². The first-order valence-corrected chi connectivity index (χ1v) is 10.5. The Balaban J connectivity index is 2.16. The number of sulfonamides is 1. The Morgan fingerprint density at radius 2 is 1.82 bits per heavy atom. The Bertz CT molecular complexity index is 839. The molecule has 2 amide bonds. The van der Waals surface area contributed by atoms with Crippen molar-refractivity contribution >= 4 is 27.6 Å². The Morgan fingerprint density at radius 1 is 1.18 bits per heavy atom. The van der Waals surface area contributed by atoms with Crippen LogP contribution in [0.2, 0.25) is 0 Å². The normalized spacial score (nSPS) is 19.5. The lowest BCUT2D eigenvalue weighted by Crippen LogP contribution is -2.55. The standard InChI is InChI=1S/C18H24FN3O5S/c1-11(2)15(22-28(26,27)13-8-6-12(19)7-9-13)17(24)21-14-5-3-4-10-20-18(25)16(14)23/h6-9,11,14-15,22H,3-5,10H2,1-2H3,(H,20,25)(H,21,24). The molecule has 2 unspecified atom stereocenters. The van der Waals surface area contributed by atoms with Crippen molar-refractivity contribution in [1.82, 2.24) is 15.4 Å². The number of Topliss-reactive ketones (excluding diaryl/α,β-unsaturated/α-hetero) is 1. The van der Waals surface area contributed by atoms with E-state index >= 15 is 0 Å². The number of carbonyl (C=O) groups is 3. The van der Waals surface area contributed by atoms with E-state index in [1.807, 2.05) is 0 Å². The molecule has 1 saturated heterocycles. The van der Waals surface area contributed by atoms with Crippen molar-refractivity contribution in [2.45, 2.75) is 50.1 Å². The van der Waals surface area contributed by atoms with Crippen LogP contribution in [0, 0.1) is 11.7 Å². The summed E-state index contributed by atoms with van der Waals surface area (Å²) in [4.78, 5) is 36.4. The molecule has 10 heteroatoms. The van der Waals surface area contributed by atoms with Crippen LogP contribution in [0.1, 0.15) is 33.1 Å². The molecule has 1 aromatic carbocycles. The quantitative estimate of drug-likeness (QED) is 0.586. The average Bonchev–Trinajstić information content (AvgIpc) is 2.63. The zero-order chi connectivity index (χ0) is 20.9. The molecule has 1 aliphatic heterocycles. The van der Waals surface area contributed by atoms with Crippen molar-refractivity contribution < 1.29 is 27.2 Å². The van der Waals surface area contributed by atoms with Crippen LogP contribution in [0.25, 0.3) is 0 Å². The third-order valence-corrected chi connectivity index (χ3v) is 5.87. The Hall–Kier alpha value is -2.33. The minimum atomic E-state index is -4.09. The molecule has 0 radical (unpaired) electrons. The number of hydrogen-bond donors (Lipinski definition) is 3. The number of hydrogen-bond acceptors (Lipinski definition) is 5. The monoisotopic (exact) mass is 413 g/mol. The Kier molecular flexibility index (Phi) is 7.25. The Labute approximate surface area is 163 Å². The average molecular weight is 413 g/mol. The van der Waals surface area contributed by atoms with Crippen molar-refractivity contribution in [3.63, 3.8) is 0 Å². The molecule has 3 N–H and O–H groups in total. The molecule has 1 heterocycles. The molecular formula is C18H24FN3O5S. The summed E-state index contributed by atoms with van der Waals surface area (Å²) in [7, 11) is -4.09. The van der Waals surface area contributed by atoms with Crippen LogP contribution in [0.5, 0.6) is 0 Å². The highest BCUT2D eigenvalue weighted by molar-refractivity contribution is 7.89. The van der Waals surface area contributed by atoms with Crippen LogP contribution >= 0.6 is 0 Å². The van der Waals surface area contributed by atoms with Crippen LogP contribution in [0.3, 0.4) is 0 Å². The first kappa shape index (κ1) is 22.0. The molecule has 8 nitrogen and oxygen atoms in total. The van der Waals surface area contributed by atoms with E-state index in [0.717, 1.165) is 24.3 Å². The zero-order valence-corrected chi connectivity index (χ0v) is 16.5. The molecule has 0 spiro atoms. The predicted molar refractivity (Wildman–Crippen MR) is 99.1 cm³/mol. The maximum absolute atomic E-state index is 13.0. The van der Waals surface area contributed by atoms with Gasteiger partial charge in [-0.3, -0.25) is 14.4 Å². The van der Waals surface area contributed by atoms with Crippen molar-refractivity contribution in [2.24, 2.45) is 5.92 Å². The molecule has 2 atom stereocenters. The summed E-state index contributed by atoms with van der Waals surface area (Å²) in [6.07, 6.45) is 1.61. The van der Waals surface area contributed by atoms with E-state index in [9.17, 15) is 27.2 Å². The van der Waals surface area contributed by atoms with E-state index in [1.54, 1.807) is 13.8 Å². The van der Waals surface area contributed by atoms with Crippen LogP contribution in [-0.2, 0) is 24.4 Å². The minimum Gasteiger partial charge on any atom is -0.349 e. The smallest absolute Gasteiger partial charge is 0.289 e. The summed E-state index contributed by atoms with van der Waals surface area (Å²) in [5.41, 5.74) is 0. The number of amides is 2. The van der Waals surface area contributed by atoms with Gasteiger partial charge in [-0.2, -0.15) is 4.72 Å². The van der Waals surface area contributed by atoms with Gasteiger partial charge < -0.3 is 10.6 Å². The molecule has 0 aromatic heterocycles. The molecule has 2 rings (SSSR count). The molecule has 0 saturated carbocycles. The maximum Gasteiger partial charge on any atom is 0.289 e. The lowest BCUT2D eigenvalue weighted by Gasteiger charge is -2.25. The summed E-state index contributed by atoms with van der Waals surface area (Å²) in [6, 6.07) is 2.02. The van der Waals surface area contributed by atoms with Gasteiger partial charge in [0.15, 0.2) is 0 Å². The van der Waals surface area contributed by atoms with Gasteiger partial charge in [0.05, 0.1) is 10.9 Å². The highest BCUT2D eigenvalue weighted by Crippen LogP contribution is 2.14. The minimum absolute atomic E-state index is 0.186. The number of ketones is 1. The topological polar surface area (TPSA) is 121 Å². The van der Waals surface area contributed by atoms with Gasteiger partial charge in [-0.25, -0.2) is 12.8 Å². The van der Waals surface area contributed by atoms with Crippen molar-refractivity contribution in [3.05, 3.63) is 30.1 Å². The Morgan fingerprint density at radius 3 is 2.43 bits per heavy atom. The summed E-state index contributed by atoms with van der Waals surface area (Å²) in [5, 5.41) is 4.97. The van der Waals surface area contributed by atoms with E-state index in [0.29, 0.717) is 25.8 Å². The second-order valence-electron chi connectivity index (χ2n) is 6.97. The lowest BCUT2D eigenvalue weighted by molar-refractivity contribution is -0.140. The predicted octanol–water partition coefficient (Wildman–Crippen LogP) is 0.483. The number of rotatable bonds is 6. The first-order chi connectivity index (χ1) is 13.1. The van der Waals surface area contributed by atoms with Crippen LogP contribution < -0.4 is 15.4 Å². The number of halogens is 1. The van der Waals surface area contributed by atoms with Crippen LogP contribution in [0.4, 0.5) is 4.39 Å². The summed E-state index contributed by atoms with van der Waals surface area (Å²) < 4.78 is 40.4. The molecule has 154 valence electrons. The largest absolute Gasteiger partial charge is 0.349 e. The van der Waals surface area contributed by atoms with E-state index in [4.69, 9.17) is 0 Å². The van der Waals surface area contributed by atoms with Gasteiger partial charge in [-0.15, -0.1) is 0 Å². The summed E-state index contributed by atoms with van der Waals surface area (Å²) >= 11 is 0. The molecule has 0 bridgehead atoms. The second-order valence-corrected chi connectivity index (χ2v) is 8.69. The molecule has 0 aliphatic carbocycles. The SMILES string of the molecule is CC(C)C(NS(=O)(=O)c1ccc(F)cc1)C(=O)NC1CCCCNC(=O)C1=O. The molecule has 1 aliphatic rings. The lowest BCUT2D eigenvalue weighted by atomic mass is 10.00. The highest BCUT2D eigenvalue weighted by Gasteiger charge is 2.33. The molecule has 1 aromatic rings. The van der Waals surface area contributed by atoms with Crippen LogP contribution in [-0.4, -0.2) is 44.6 Å². The van der Waals surface area contributed by atoms with E-state index in [-0.39, 0.29) is 4.90 Å². The molecule has 28 heavy (non-hydrogen) atoms. The second kappa shape index (κ2) is 9.24. The first-order valence-electron chi connectivity index (χ1n) is 9.02. The van der Waals surface area contributed by atoms with Crippen molar-refractivity contribution in [2.75, 3.05) is 6.54 Å². The van der Waals surface area contributed by atoms with Crippen molar-refractivity contribution in [3.8, 4) is 0 Å². The third kappa shape index (κ3) is 5.59. The number of benzene rings is 1. The molecular weight excluding hydrogens is 389 g/mol. The van der Waals surface area contributed by atoms with Gasteiger partial charge in [-0.1, -0.05) is 13.8 Å². The van der Waals surface area contributed by atoms with E-state index < -0.39 is 51.4 Å². The maximum atomic E-state index is 13.0. The zero-order valence-electron chi connectivity index (χ0n) is 15.7. The number of carbonyl (C=O) groups excluding carboxylic acids is 3. The van der Waals surface area contributed by atoms with E-state index in [1.165, 1.54) is 0 Å². The van der Waals surface area contributed by atoms with Gasteiger partial charge in [-0.05, 0) is 49.4 Å². The fourth-order valence-corrected chi connectivity index (χ4v) is 4.14. The van der Waals surface area contributed by atoms with E-state index in [2.05, 4.69) is 15.4 Å². The molecule has 1 fully saturated rings. The summed E-state index contributed by atoms with van der Waals surface area (Å²) in [5.74, 6) is -3.24. The fraction of sp³-hybridized carbons (Fsp3) is 0.500.